The molecule has 9 heteroatoms. The first-order valence-corrected chi connectivity index (χ1v) is 14.7. The highest BCUT2D eigenvalue weighted by atomic mass is 32.2. The van der Waals surface area contributed by atoms with Gasteiger partial charge in [-0.15, -0.1) is 6.58 Å². The number of fused-ring (bicyclic) bond motifs is 2. The topological polar surface area (TPSA) is 80.8 Å². The lowest BCUT2D eigenvalue weighted by Gasteiger charge is -2.14. The van der Waals surface area contributed by atoms with Gasteiger partial charge in [0, 0.05) is 34.3 Å². The molecule has 0 amide bonds. The Labute approximate surface area is 241 Å². The third-order valence-electron chi connectivity index (χ3n) is 6.86. The number of halogens is 1. The third kappa shape index (κ3) is 5.86. The van der Waals surface area contributed by atoms with E-state index >= 15 is 0 Å². The van der Waals surface area contributed by atoms with E-state index < -0.39 is 0 Å². The van der Waals surface area contributed by atoms with Gasteiger partial charge in [-0.1, -0.05) is 18.2 Å². The molecule has 0 aliphatic carbocycles. The van der Waals surface area contributed by atoms with Gasteiger partial charge in [0.05, 0.1) is 29.8 Å². The summed E-state index contributed by atoms with van der Waals surface area (Å²) in [4.78, 5) is 9.01. The molecule has 0 aliphatic rings. The van der Waals surface area contributed by atoms with Crippen LogP contribution < -0.4 is 10.6 Å². The number of hydrogen-bond donors (Lipinski definition) is 2. The molecule has 0 bridgehead atoms. The Morgan fingerprint density at radius 1 is 1.07 bits per heavy atom. The molecule has 2 N–H and O–H groups in total. The fourth-order valence-electron chi connectivity index (χ4n) is 4.87. The molecular formula is C32H29FN6OS. The van der Waals surface area contributed by atoms with Crippen molar-refractivity contribution in [2.75, 3.05) is 23.9 Å². The molecule has 6 aromatic rings. The van der Waals surface area contributed by atoms with Gasteiger partial charge in [0.15, 0.2) is 0 Å². The maximum absolute atomic E-state index is 13.6. The van der Waals surface area contributed by atoms with Crippen molar-refractivity contribution in [3.8, 4) is 11.3 Å². The number of hydrogen-bond acceptors (Lipinski definition) is 7. The molecular weight excluding hydrogens is 535 g/mol. The summed E-state index contributed by atoms with van der Waals surface area (Å²) in [6.07, 6.45) is 7.31. The number of benzene rings is 3. The van der Waals surface area contributed by atoms with Crippen LogP contribution in [0.3, 0.4) is 0 Å². The van der Waals surface area contributed by atoms with Crippen molar-refractivity contribution in [2.45, 2.75) is 12.6 Å². The molecule has 3 aromatic carbocycles. The molecule has 0 spiro atoms. The summed E-state index contributed by atoms with van der Waals surface area (Å²) in [5.74, 6) is 3.02. The number of nitrogens with one attached hydrogen (secondary N) is 2. The maximum Gasteiger partial charge on any atom is 0.141 e. The second-order valence-corrected chi connectivity index (χ2v) is 10.6. The van der Waals surface area contributed by atoms with Crippen LogP contribution >= 0.6 is 11.8 Å². The summed E-state index contributed by atoms with van der Waals surface area (Å²) in [5.41, 5.74) is 4.47. The van der Waals surface area contributed by atoms with Crippen LogP contribution in [0.4, 0.5) is 15.9 Å². The van der Waals surface area contributed by atoms with Crippen LogP contribution in [-0.2, 0) is 6.54 Å². The molecule has 0 saturated heterocycles. The second-order valence-electron chi connectivity index (χ2n) is 9.69. The largest absolute Gasteiger partial charge is 0.459 e. The third-order valence-corrected chi connectivity index (χ3v) is 7.52. The van der Waals surface area contributed by atoms with E-state index in [2.05, 4.69) is 44.6 Å². The van der Waals surface area contributed by atoms with E-state index in [4.69, 9.17) is 4.42 Å². The first-order valence-electron chi connectivity index (χ1n) is 13.3. The highest BCUT2D eigenvalue weighted by molar-refractivity contribution is 7.98. The van der Waals surface area contributed by atoms with Crippen molar-refractivity contribution >= 4 is 45.1 Å². The molecule has 3 aromatic heterocycles. The van der Waals surface area contributed by atoms with Crippen molar-refractivity contribution in [3.05, 3.63) is 115 Å². The van der Waals surface area contributed by atoms with Crippen LogP contribution in [0.15, 0.2) is 102 Å². The Hall–Kier alpha value is -4.47. The van der Waals surface area contributed by atoms with E-state index in [1.165, 1.54) is 12.1 Å². The van der Waals surface area contributed by atoms with Gasteiger partial charge in [-0.3, -0.25) is 4.68 Å². The Morgan fingerprint density at radius 2 is 2.00 bits per heavy atom. The Morgan fingerprint density at radius 3 is 2.85 bits per heavy atom. The van der Waals surface area contributed by atoms with Gasteiger partial charge in [-0.05, 0) is 72.5 Å². The first kappa shape index (κ1) is 26.7. The van der Waals surface area contributed by atoms with Gasteiger partial charge >= 0.3 is 0 Å². The Kier molecular flexibility index (Phi) is 7.80. The minimum atomic E-state index is -0.251. The number of anilines is 2. The molecule has 0 aliphatic heterocycles. The van der Waals surface area contributed by atoms with E-state index in [9.17, 15) is 4.39 Å². The first-order chi connectivity index (χ1) is 20.1. The van der Waals surface area contributed by atoms with E-state index in [0.717, 1.165) is 55.9 Å². The molecule has 3 heterocycles. The lowest BCUT2D eigenvalue weighted by atomic mass is 10.1. The SMILES string of the molecule is C=CCN[C@H](CSC)c1ccc(-c2ccc3ncnc(Nc4ccc5c(cnn5Cc5cccc(F)c5)c4)c3c2)o1. The van der Waals surface area contributed by atoms with Crippen LogP contribution in [0.2, 0.25) is 0 Å². The molecule has 7 nitrogen and oxygen atoms in total. The zero-order valence-corrected chi connectivity index (χ0v) is 23.4. The Bertz CT molecular complexity index is 1830. The fourth-order valence-corrected chi connectivity index (χ4v) is 5.49. The quantitative estimate of drug-likeness (QED) is 0.159. The summed E-state index contributed by atoms with van der Waals surface area (Å²) in [7, 11) is 0. The lowest BCUT2D eigenvalue weighted by molar-refractivity contribution is 0.454. The van der Waals surface area contributed by atoms with Gasteiger partial charge in [-0.2, -0.15) is 16.9 Å². The van der Waals surface area contributed by atoms with Crippen molar-refractivity contribution in [2.24, 2.45) is 0 Å². The molecule has 0 fully saturated rings. The predicted molar refractivity (Wildman–Crippen MR) is 165 cm³/mol. The number of rotatable bonds is 11. The summed E-state index contributed by atoms with van der Waals surface area (Å²) >= 11 is 1.77. The van der Waals surface area contributed by atoms with Gasteiger partial charge < -0.3 is 15.1 Å². The average molecular weight is 565 g/mol. The zero-order valence-electron chi connectivity index (χ0n) is 22.5. The maximum atomic E-state index is 13.6. The normalized spacial score (nSPS) is 12.1. The second kappa shape index (κ2) is 12.0. The van der Waals surface area contributed by atoms with Crippen molar-refractivity contribution in [1.29, 1.82) is 0 Å². The van der Waals surface area contributed by atoms with E-state index in [1.807, 2.05) is 65.5 Å². The number of nitrogens with zero attached hydrogens (tertiary/aromatic N) is 4. The fraction of sp³-hybridized carbons (Fsp3) is 0.156. The van der Waals surface area contributed by atoms with Gasteiger partial charge in [0.2, 0.25) is 0 Å². The monoisotopic (exact) mass is 564 g/mol. The summed E-state index contributed by atoms with van der Waals surface area (Å²) in [6, 6.07) is 22.8. The van der Waals surface area contributed by atoms with Crippen molar-refractivity contribution in [1.82, 2.24) is 25.1 Å². The summed E-state index contributed by atoms with van der Waals surface area (Å²) in [6.45, 7) is 5.01. The minimum absolute atomic E-state index is 0.103. The standard InChI is InChI=1S/C32H29FN6OS/c1-3-13-34-28(19-41-2)31-12-11-30(40-31)22-7-9-27-26(16-22)32(36-20-35-27)38-25-8-10-29-23(15-25)17-37-39(29)18-21-5-4-6-24(33)14-21/h3-12,14-17,20,28,34H,1,13,18-19H2,2H3,(H,35,36,38)/t28-/m1/s1. The Balaban J connectivity index is 1.26. The van der Waals surface area contributed by atoms with Crippen molar-refractivity contribution in [3.63, 3.8) is 0 Å². The summed E-state index contributed by atoms with van der Waals surface area (Å²) in [5, 5.41) is 13.3. The van der Waals surface area contributed by atoms with E-state index in [0.29, 0.717) is 18.9 Å². The number of furan rings is 1. The molecule has 6 rings (SSSR count). The smallest absolute Gasteiger partial charge is 0.141 e. The average Bonchev–Trinajstić information content (AvgIpc) is 3.63. The predicted octanol–water partition coefficient (Wildman–Crippen LogP) is 7.35. The number of thioether (sulfide) groups is 1. The lowest BCUT2D eigenvalue weighted by Crippen LogP contribution is -2.22. The highest BCUT2D eigenvalue weighted by Crippen LogP contribution is 2.32. The summed E-state index contributed by atoms with van der Waals surface area (Å²) < 4.78 is 21.8. The van der Waals surface area contributed by atoms with Gasteiger partial charge in [-0.25, -0.2) is 14.4 Å². The van der Waals surface area contributed by atoms with E-state index in [-0.39, 0.29) is 11.9 Å². The van der Waals surface area contributed by atoms with Crippen molar-refractivity contribution < 1.29 is 8.81 Å². The molecule has 1 atom stereocenters. The van der Waals surface area contributed by atoms with Crippen LogP contribution in [-0.4, -0.2) is 38.3 Å². The van der Waals surface area contributed by atoms with Gasteiger partial charge in [0.25, 0.3) is 0 Å². The van der Waals surface area contributed by atoms with Crippen LogP contribution in [0.5, 0.6) is 0 Å². The minimum Gasteiger partial charge on any atom is -0.459 e. The molecule has 0 saturated carbocycles. The zero-order chi connectivity index (χ0) is 28.2. The molecule has 206 valence electrons. The van der Waals surface area contributed by atoms with Crippen LogP contribution in [0.25, 0.3) is 33.1 Å². The molecule has 0 radical (unpaired) electrons. The van der Waals surface area contributed by atoms with E-state index in [1.54, 1.807) is 24.2 Å². The molecule has 41 heavy (non-hydrogen) atoms. The highest BCUT2D eigenvalue weighted by Gasteiger charge is 2.16. The van der Waals surface area contributed by atoms with Crippen LogP contribution in [0, 0.1) is 5.82 Å². The van der Waals surface area contributed by atoms with Gasteiger partial charge in [0.1, 0.15) is 29.5 Å². The van der Waals surface area contributed by atoms with Crippen LogP contribution in [0.1, 0.15) is 17.4 Å². The molecule has 0 unspecified atom stereocenters. The number of aromatic nitrogens is 4.